The van der Waals surface area contributed by atoms with Crippen LogP contribution in [0.25, 0.3) is 39.0 Å². The standard InChI is InChI=1S/C30H28N8S/c1-20-36-38-27(23-7-3-2-4-8-23)26(32-30(38)39-20)22-12-10-21(11-13-22)19-37-17-14-24(15-18-37)28-33-29(35-34-28)25-9-5-6-16-31-25/h2-13,16,24H,14-15,17-19H2,1H3,(H,33,34,35). The van der Waals surface area contributed by atoms with E-state index in [0.29, 0.717) is 5.92 Å². The van der Waals surface area contributed by atoms with Crippen LogP contribution >= 0.6 is 11.3 Å². The van der Waals surface area contributed by atoms with Crippen molar-refractivity contribution in [1.29, 1.82) is 0 Å². The molecule has 1 fully saturated rings. The van der Waals surface area contributed by atoms with Crippen LogP contribution in [0.4, 0.5) is 0 Å². The number of piperidine rings is 1. The molecule has 1 aliphatic heterocycles. The minimum Gasteiger partial charge on any atom is -0.323 e. The molecule has 0 saturated carbocycles. The van der Waals surface area contributed by atoms with Gasteiger partial charge in [-0.25, -0.2) is 9.50 Å². The van der Waals surface area contributed by atoms with Gasteiger partial charge in [-0.15, -0.1) is 10.2 Å². The number of pyridine rings is 1. The predicted molar refractivity (Wildman–Crippen MR) is 153 cm³/mol. The fourth-order valence-corrected chi connectivity index (χ4v) is 6.11. The summed E-state index contributed by atoms with van der Waals surface area (Å²) in [6.07, 6.45) is 3.90. The number of benzene rings is 2. The van der Waals surface area contributed by atoms with E-state index in [1.54, 1.807) is 17.5 Å². The predicted octanol–water partition coefficient (Wildman–Crippen LogP) is 5.99. The average molecular weight is 533 g/mol. The van der Waals surface area contributed by atoms with Gasteiger partial charge in [0, 0.05) is 29.8 Å². The summed E-state index contributed by atoms with van der Waals surface area (Å²) in [5.74, 6) is 2.11. The molecule has 0 radical (unpaired) electrons. The van der Waals surface area contributed by atoms with Gasteiger partial charge in [-0.2, -0.15) is 5.10 Å². The van der Waals surface area contributed by atoms with E-state index in [-0.39, 0.29) is 0 Å². The van der Waals surface area contributed by atoms with Gasteiger partial charge in [-0.1, -0.05) is 72.0 Å². The molecule has 194 valence electrons. The van der Waals surface area contributed by atoms with Gasteiger partial charge in [0.25, 0.3) is 0 Å². The van der Waals surface area contributed by atoms with E-state index in [2.05, 4.69) is 73.6 Å². The second-order valence-electron chi connectivity index (χ2n) is 10.0. The number of aryl methyl sites for hydroxylation is 1. The molecular weight excluding hydrogens is 504 g/mol. The topological polar surface area (TPSA) is 87.9 Å². The number of likely N-dealkylation sites (tertiary alicyclic amines) is 1. The van der Waals surface area contributed by atoms with E-state index >= 15 is 0 Å². The van der Waals surface area contributed by atoms with E-state index in [1.807, 2.05) is 35.7 Å². The highest BCUT2D eigenvalue weighted by atomic mass is 32.1. The number of nitrogens with zero attached hydrogens (tertiary/aromatic N) is 7. The summed E-state index contributed by atoms with van der Waals surface area (Å²) in [5.41, 5.74) is 6.39. The fourth-order valence-electron chi connectivity index (χ4n) is 5.37. The smallest absolute Gasteiger partial charge is 0.213 e. The zero-order chi connectivity index (χ0) is 26.2. The molecule has 0 amide bonds. The number of rotatable bonds is 6. The molecule has 1 saturated heterocycles. The van der Waals surface area contributed by atoms with Crippen LogP contribution in [-0.4, -0.2) is 52.8 Å². The van der Waals surface area contributed by atoms with Crippen molar-refractivity contribution in [1.82, 2.24) is 39.7 Å². The van der Waals surface area contributed by atoms with E-state index in [1.165, 1.54) is 5.56 Å². The van der Waals surface area contributed by atoms with Crippen molar-refractivity contribution in [3.05, 3.63) is 95.4 Å². The van der Waals surface area contributed by atoms with Crippen molar-refractivity contribution in [2.45, 2.75) is 32.2 Å². The van der Waals surface area contributed by atoms with E-state index < -0.39 is 0 Å². The molecule has 9 heteroatoms. The maximum Gasteiger partial charge on any atom is 0.213 e. The first-order valence-electron chi connectivity index (χ1n) is 13.3. The minimum absolute atomic E-state index is 0.400. The van der Waals surface area contributed by atoms with E-state index in [9.17, 15) is 0 Å². The number of H-pyrrole nitrogens is 1. The lowest BCUT2D eigenvalue weighted by Gasteiger charge is -2.30. The van der Waals surface area contributed by atoms with Crippen molar-refractivity contribution in [2.24, 2.45) is 0 Å². The van der Waals surface area contributed by atoms with Gasteiger partial charge in [0.2, 0.25) is 4.96 Å². The molecule has 5 heterocycles. The Labute approximate surface area is 230 Å². The number of imidazole rings is 1. The Morgan fingerprint density at radius 1 is 0.897 bits per heavy atom. The number of nitrogens with one attached hydrogen (secondary N) is 1. The van der Waals surface area contributed by atoms with Crippen LogP contribution in [0.15, 0.2) is 79.0 Å². The third kappa shape index (κ3) is 4.75. The normalized spacial score (nSPS) is 14.8. The minimum atomic E-state index is 0.400. The van der Waals surface area contributed by atoms with Crippen molar-refractivity contribution in [2.75, 3.05) is 13.1 Å². The van der Waals surface area contributed by atoms with Gasteiger partial charge in [-0.05, 0) is 50.6 Å². The maximum atomic E-state index is 4.97. The van der Waals surface area contributed by atoms with Crippen molar-refractivity contribution >= 4 is 16.3 Å². The van der Waals surface area contributed by atoms with Crippen LogP contribution in [-0.2, 0) is 6.54 Å². The number of aromatic nitrogens is 7. The molecule has 1 aliphatic rings. The van der Waals surface area contributed by atoms with Crippen LogP contribution in [0.1, 0.15) is 35.2 Å². The Morgan fingerprint density at radius 3 is 2.46 bits per heavy atom. The highest BCUT2D eigenvalue weighted by Gasteiger charge is 2.24. The van der Waals surface area contributed by atoms with Crippen LogP contribution in [0.2, 0.25) is 0 Å². The largest absolute Gasteiger partial charge is 0.323 e. The van der Waals surface area contributed by atoms with E-state index in [0.717, 1.165) is 82.3 Å². The lowest BCUT2D eigenvalue weighted by Crippen LogP contribution is -2.32. The number of fused-ring (bicyclic) bond motifs is 1. The molecule has 0 atom stereocenters. The fraction of sp³-hybridized carbons (Fsp3) is 0.233. The molecule has 39 heavy (non-hydrogen) atoms. The molecule has 8 nitrogen and oxygen atoms in total. The van der Waals surface area contributed by atoms with Crippen LogP contribution in [0.3, 0.4) is 0 Å². The molecule has 7 rings (SSSR count). The molecule has 2 aromatic carbocycles. The van der Waals surface area contributed by atoms with E-state index in [4.69, 9.17) is 10.1 Å². The molecule has 0 spiro atoms. The monoisotopic (exact) mass is 532 g/mol. The molecule has 1 N–H and O–H groups in total. The summed E-state index contributed by atoms with van der Waals surface area (Å²) in [4.78, 5) is 16.2. The highest BCUT2D eigenvalue weighted by molar-refractivity contribution is 7.16. The lowest BCUT2D eigenvalue weighted by molar-refractivity contribution is 0.202. The third-order valence-electron chi connectivity index (χ3n) is 7.37. The Balaban J connectivity index is 1.04. The van der Waals surface area contributed by atoms with Gasteiger partial charge in [-0.3, -0.25) is 9.88 Å². The first-order valence-corrected chi connectivity index (χ1v) is 14.1. The van der Waals surface area contributed by atoms with Gasteiger partial charge in [0.15, 0.2) is 5.82 Å². The molecule has 6 aromatic rings. The Bertz CT molecular complexity index is 1690. The summed E-state index contributed by atoms with van der Waals surface area (Å²) < 4.78 is 1.98. The summed E-state index contributed by atoms with van der Waals surface area (Å²) in [7, 11) is 0. The van der Waals surface area contributed by atoms with Crippen LogP contribution in [0, 0.1) is 6.92 Å². The van der Waals surface area contributed by atoms with Gasteiger partial charge in [0.05, 0.1) is 0 Å². The average Bonchev–Trinajstić information content (AvgIpc) is 3.70. The summed E-state index contributed by atoms with van der Waals surface area (Å²) in [6, 6.07) is 25.1. The number of hydrogen-bond donors (Lipinski definition) is 1. The van der Waals surface area contributed by atoms with Crippen molar-refractivity contribution in [3.63, 3.8) is 0 Å². The van der Waals surface area contributed by atoms with Crippen LogP contribution < -0.4 is 0 Å². The molecule has 4 aromatic heterocycles. The Morgan fingerprint density at radius 2 is 1.69 bits per heavy atom. The zero-order valence-corrected chi connectivity index (χ0v) is 22.5. The quantitative estimate of drug-likeness (QED) is 0.283. The summed E-state index contributed by atoms with van der Waals surface area (Å²) >= 11 is 1.62. The molecule has 0 bridgehead atoms. The third-order valence-corrected chi connectivity index (χ3v) is 8.20. The van der Waals surface area contributed by atoms with Gasteiger partial charge < -0.3 is 4.98 Å². The summed E-state index contributed by atoms with van der Waals surface area (Å²) in [6.45, 7) is 5.03. The second kappa shape index (κ2) is 10.2. The maximum absolute atomic E-state index is 4.97. The Kier molecular flexibility index (Phi) is 6.22. The summed E-state index contributed by atoms with van der Waals surface area (Å²) in [5, 5.41) is 14.5. The molecular formula is C30H28N8S. The molecule has 0 aliphatic carbocycles. The van der Waals surface area contributed by atoms with Crippen molar-refractivity contribution in [3.8, 4) is 34.0 Å². The Hall–Kier alpha value is -4.21. The van der Waals surface area contributed by atoms with Crippen LogP contribution in [0.5, 0.6) is 0 Å². The first kappa shape index (κ1) is 23.9. The first-order chi connectivity index (χ1) is 19.2. The van der Waals surface area contributed by atoms with Gasteiger partial charge in [0.1, 0.15) is 27.9 Å². The van der Waals surface area contributed by atoms with Crippen molar-refractivity contribution < 1.29 is 0 Å². The second-order valence-corrected chi connectivity index (χ2v) is 11.2. The van der Waals surface area contributed by atoms with Gasteiger partial charge >= 0.3 is 0 Å². The molecule has 0 unspecified atom stereocenters. The number of aromatic amines is 1. The number of hydrogen-bond acceptors (Lipinski definition) is 7. The highest BCUT2D eigenvalue weighted by Crippen LogP contribution is 2.34. The SMILES string of the molecule is Cc1nn2c(-c3ccccc3)c(-c3ccc(CN4CCC(c5nnc(-c6ccccn6)[nH]5)CC4)cc3)nc2s1. The lowest BCUT2D eigenvalue weighted by atomic mass is 9.95. The zero-order valence-electron chi connectivity index (χ0n) is 21.7.